The predicted molar refractivity (Wildman–Crippen MR) is 144 cm³/mol. The molecule has 2 atom stereocenters. The zero-order valence-electron chi connectivity index (χ0n) is 21.7. The van der Waals surface area contributed by atoms with Crippen LogP contribution >= 0.6 is 12.6 Å². The molecule has 2 aromatic rings. The highest BCUT2D eigenvalue weighted by atomic mass is 32.1. The third kappa shape index (κ3) is 7.26. The Morgan fingerprint density at radius 3 is 2.31 bits per heavy atom. The number of carbonyl (C=O) groups is 3. The highest BCUT2D eigenvalue weighted by Gasteiger charge is 2.44. The van der Waals surface area contributed by atoms with E-state index in [1.807, 2.05) is 62.4 Å². The van der Waals surface area contributed by atoms with Gasteiger partial charge >= 0.3 is 6.09 Å². The van der Waals surface area contributed by atoms with E-state index in [0.717, 1.165) is 35.1 Å². The van der Waals surface area contributed by atoms with Gasteiger partial charge in [-0.2, -0.15) is 12.6 Å². The van der Waals surface area contributed by atoms with Gasteiger partial charge in [0.1, 0.15) is 17.7 Å². The third-order valence-corrected chi connectivity index (χ3v) is 6.51. The summed E-state index contributed by atoms with van der Waals surface area (Å²) >= 11 is 4.34. The molecule has 0 saturated heterocycles. The molecule has 8 heteroatoms. The van der Waals surface area contributed by atoms with Crippen molar-refractivity contribution in [1.29, 1.82) is 0 Å². The van der Waals surface area contributed by atoms with E-state index in [2.05, 4.69) is 23.3 Å². The van der Waals surface area contributed by atoms with E-state index in [1.165, 1.54) is 0 Å². The number of ether oxygens (including phenoxy) is 1. The molecule has 0 radical (unpaired) electrons. The van der Waals surface area contributed by atoms with E-state index in [9.17, 15) is 14.4 Å². The Labute approximate surface area is 219 Å². The molecule has 7 nitrogen and oxygen atoms in total. The highest BCUT2D eigenvalue weighted by molar-refractivity contribution is 7.80. The third-order valence-electron chi connectivity index (χ3n) is 6.14. The Bertz CT molecular complexity index is 1080. The summed E-state index contributed by atoms with van der Waals surface area (Å²) in [7, 11) is 0. The second kappa shape index (κ2) is 11.8. The molecule has 2 aromatic carbocycles. The summed E-state index contributed by atoms with van der Waals surface area (Å²) in [6.07, 6.45) is 0.901. The second-order valence-corrected chi connectivity index (χ2v) is 10.6. The van der Waals surface area contributed by atoms with Gasteiger partial charge in [-0.05, 0) is 69.7 Å². The van der Waals surface area contributed by atoms with Gasteiger partial charge in [0.25, 0.3) is 0 Å². The number of hydrogen-bond acceptors (Lipinski definition) is 5. The fourth-order valence-electron chi connectivity index (χ4n) is 4.06. The van der Waals surface area contributed by atoms with Crippen LogP contribution in [-0.2, 0) is 20.9 Å². The standard InChI is InChI=1S/C28H37N3O4S/c1-18-10-9-13-22(19(18)2)24(25(32)29-16-20-11-7-6-8-12-20)31(21-14-15-21)26(33)23(17-36)30-27(34)35-28(3,4)5/h6-13,21,23-24,36H,14-17H2,1-5H3,(H,29,32)(H,30,34). The van der Waals surface area contributed by atoms with Gasteiger partial charge in [0.2, 0.25) is 11.8 Å². The first-order valence-corrected chi connectivity index (χ1v) is 13.0. The first kappa shape index (κ1) is 27.6. The molecule has 1 aliphatic rings. The number of rotatable bonds is 9. The summed E-state index contributed by atoms with van der Waals surface area (Å²) < 4.78 is 5.36. The van der Waals surface area contributed by atoms with Crippen molar-refractivity contribution in [1.82, 2.24) is 15.5 Å². The van der Waals surface area contributed by atoms with Crippen LogP contribution in [0.25, 0.3) is 0 Å². The molecule has 0 aromatic heterocycles. The fourth-order valence-corrected chi connectivity index (χ4v) is 4.30. The summed E-state index contributed by atoms with van der Waals surface area (Å²) in [6, 6.07) is 13.6. The number of alkyl carbamates (subject to hydrolysis) is 1. The maximum Gasteiger partial charge on any atom is 0.408 e. The normalized spacial score (nSPS) is 14.9. The summed E-state index contributed by atoms with van der Waals surface area (Å²) in [6.45, 7) is 9.57. The minimum atomic E-state index is -0.932. The Hall–Kier alpha value is -3.00. The van der Waals surface area contributed by atoms with Crippen molar-refractivity contribution in [2.45, 2.75) is 77.7 Å². The Morgan fingerprint density at radius 1 is 1.06 bits per heavy atom. The molecule has 0 heterocycles. The van der Waals surface area contributed by atoms with Gasteiger partial charge in [-0.1, -0.05) is 48.5 Å². The molecular weight excluding hydrogens is 474 g/mol. The average molecular weight is 512 g/mol. The highest BCUT2D eigenvalue weighted by Crippen LogP contribution is 2.37. The van der Waals surface area contributed by atoms with Crippen LogP contribution in [0.15, 0.2) is 48.5 Å². The molecule has 1 aliphatic carbocycles. The second-order valence-electron chi connectivity index (χ2n) is 10.3. The van der Waals surface area contributed by atoms with Gasteiger partial charge in [-0.25, -0.2) is 4.79 Å². The van der Waals surface area contributed by atoms with Crippen molar-refractivity contribution < 1.29 is 19.1 Å². The molecular formula is C28H37N3O4S. The minimum absolute atomic E-state index is 0.0758. The van der Waals surface area contributed by atoms with E-state index in [0.29, 0.717) is 6.54 Å². The first-order chi connectivity index (χ1) is 17.0. The number of hydrogen-bond donors (Lipinski definition) is 3. The van der Waals surface area contributed by atoms with E-state index in [1.54, 1.807) is 25.7 Å². The van der Waals surface area contributed by atoms with Crippen LogP contribution in [0, 0.1) is 13.8 Å². The zero-order chi connectivity index (χ0) is 26.5. The summed E-state index contributed by atoms with van der Waals surface area (Å²) in [4.78, 5) is 41.7. The van der Waals surface area contributed by atoms with Crippen LogP contribution in [0.3, 0.4) is 0 Å². The molecule has 36 heavy (non-hydrogen) atoms. The lowest BCUT2D eigenvalue weighted by Gasteiger charge is -2.35. The molecule has 1 fully saturated rings. The molecule has 3 amide bonds. The molecule has 0 spiro atoms. The van der Waals surface area contributed by atoms with Crippen LogP contribution in [0.1, 0.15) is 61.9 Å². The van der Waals surface area contributed by atoms with Crippen LogP contribution in [0.2, 0.25) is 0 Å². The van der Waals surface area contributed by atoms with Crippen molar-refractivity contribution in [2.24, 2.45) is 0 Å². The van der Waals surface area contributed by atoms with Gasteiger partial charge in [-0.15, -0.1) is 0 Å². The topological polar surface area (TPSA) is 87.7 Å². The van der Waals surface area contributed by atoms with Crippen LogP contribution < -0.4 is 10.6 Å². The molecule has 2 N–H and O–H groups in total. The Morgan fingerprint density at radius 2 is 1.72 bits per heavy atom. The van der Waals surface area contributed by atoms with Crippen molar-refractivity contribution in [3.63, 3.8) is 0 Å². The van der Waals surface area contributed by atoms with Gasteiger partial charge in [0.05, 0.1) is 0 Å². The van der Waals surface area contributed by atoms with Crippen LogP contribution in [-0.4, -0.2) is 46.2 Å². The largest absolute Gasteiger partial charge is 0.444 e. The van der Waals surface area contributed by atoms with Crippen molar-refractivity contribution >= 4 is 30.5 Å². The van der Waals surface area contributed by atoms with Gasteiger partial charge in [0.15, 0.2) is 0 Å². The number of aryl methyl sites for hydroxylation is 1. The fraction of sp³-hybridized carbons (Fsp3) is 0.464. The maximum atomic E-state index is 13.9. The Balaban J connectivity index is 1.93. The molecule has 2 unspecified atom stereocenters. The molecule has 1 saturated carbocycles. The lowest BCUT2D eigenvalue weighted by molar-refractivity contribution is -0.142. The van der Waals surface area contributed by atoms with Crippen LogP contribution in [0.5, 0.6) is 0 Å². The van der Waals surface area contributed by atoms with Crippen molar-refractivity contribution in [3.05, 3.63) is 70.8 Å². The van der Waals surface area contributed by atoms with Gasteiger partial charge in [-0.3, -0.25) is 9.59 Å². The molecule has 0 aliphatic heterocycles. The molecule has 194 valence electrons. The van der Waals surface area contributed by atoms with Crippen LogP contribution in [0.4, 0.5) is 4.79 Å². The van der Waals surface area contributed by atoms with E-state index >= 15 is 0 Å². The maximum absolute atomic E-state index is 13.9. The average Bonchev–Trinajstić information content (AvgIpc) is 3.66. The number of carbonyl (C=O) groups excluding carboxylic acids is 3. The number of nitrogens with zero attached hydrogens (tertiary/aromatic N) is 1. The monoisotopic (exact) mass is 511 g/mol. The van der Waals surface area contributed by atoms with Gasteiger partial charge < -0.3 is 20.3 Å². The number of benzene rings is 2. The SMILES string of the molecule is Cc1cccc(C(C(=O)NCc2ccccc2)N(C(=O)C(CS)NC(=O)OC(C)(C)C)C2CC2)c1C. The molecule has 0 bridgehead atoms. The first-order valence-electron chi connectivity index (χ1n) is 12.3. The number of nitrogens with one attached hydrogen (secondary N) is 2. The number of thiol groups is 1. The van der Waals surface area contributed by atoms with E-state index < -0.39 is 23.8 Å². The minimum Gasteiger partial charge on any atom is -0.444 e. The lowest BCUT2D eigenvalue weighted by Crippen LogP contribution is -2.54. The quantitative estimate of drug-likeness (QED) is 0.434. The lowest BCUT2D eigenvalue weighted by atomic mass is 9.95. The predicted octanol–water partition coefficient (Wildman–Crippen LogP) is 4.48. The summed E-state index contributed by atoms with van der Waals surface area (Å²) in [5, 5.41) is 5.68. The van der Waals surface area contributed by atoms with E-state index in [-0.39, 0.29) is 23.6 Å². The Kier molecular flexibility index (Phi) is 9.06. The smallest absolute Gasteiger partial charge is 0.408 e. The van der Waals surface area contributed by atoms with E-state index in [4.69, 9.17) is 4.74 Å². The summed E-state index contributed by atoms with van der Waals surface area (Å²) in [5.41, 5.74) is 3.03. The summed E-state index contributed by atoms with van der Waals surface area (Å²) in [5.74, 6) is -0.533. The number of amides is 3. The molecule has 3 rings (SSSR count). The zero-order valence-corrected chi connectivity index (χ0v) is 22.6. The van der Waals surface area contributed by atoms with Gasteiger partial charge in [0, 0.05) is 18.3 Å². The van der Waals surface area contributed by atoms with Crippen molar-refractivity contribution in [2.75, 3.05) is 5.75 Å². The van der Waals surface area contributed by atoms with Crippen molar-refractivity contribution in [3.8, 4) is 0 Å².